The first-order valence-electron chi connectivity index (χ1n) is 23.2. The van der Waals surface area contributed by atoms with Gasteiger partial charge in [-0.15, -0.1) is 5.10 Å². The first-order chi connectivity index (χ1) is 30.9. The number of aromatic hydroxyl groups is 1. The standard InChI is InChI=1S/C48H70N6O8S2/c1-4-6-8-10-12-13-14-15-16-17-18-19-21-23-32-64(59,60)52-41-33-37(34-54-36-50-47(51-54)63-35-44(55)61-31-22-20-11-9-7-5-2)27-30-43(41)62-48(58)53(3)42-26-24-25-39-38(42)28-29-40(45(39)56)46(49)57/h24-30,33,36,52,56H,4-23,31-32,34-35H2,1-3H3,(H2,49,57). The number of thioether (sulfide) groups is 1. The summed E-state index contributed by atoms with van der Waals surface area (Å²) in [6.07, 6.45) is 23.5. The number of sulfonamides is 1. The van der Waals surface area contributed by atoms with Crippen LogP contribution in [0.3, 0.4) is 0 Å². The van der Waals surface area contributed by atoms with Gasteiger partial charge in [0, 0.05) is 17.8 Å². The number of aromatic nitrogens is 3. The number of phenols is 1. The lowest BCUT2D eigenvalue weighted by atomic mass is 10.0. The lowest BCUT2D eigenvalue weighted by Gasteiger charge is -2.21. The van der Waals surface area contributed by atoms with Crippen molar-refractivity contribution >= 4 is 61.9 Å². The number of hydrogen-bond acceptors (Lipinski definition) is 11. The Hall–Kier alpha value is -4.83. The minimum atomic E-state index is -3.84. The molecule has 4 aromatic rings. The normalized spacial score (nSPS) is 11.5. The van der Waals surface area contributed by atoms with Gasteiger partial charge in [-0.1, -0.05) is 165 Å². The Morgan fingerprint density at radius 2 is 1.41 bits per heavy atom. The van der Waals surface area contributed by atoms with Crippen molar-refractivity contribution in [2.75, 3.05) is 34.8 Å². The minimum Gasteiger partial charge on any atom is -0.506 e. The number of carbonyl (C=O) groups excluding carboxylic acids is 3. The highest BCUT2D eigenvalue weighted by Gasteiger charge is 2.22. The van der Waals surface area contributed by atoms with E-state index in [9.17, 15) is 27.9 Å². The smallest absolute Gasteiger partial charge is 0.419 e. The van der Waals surface area contributed by atoms with E-state index in [0.717, 1.165) is 44.9 Å². The number of hydrogen-bond donors (Lipinski definition) is 3. The summed E-state index contributed by atoms with van der Waals surface area (Å²) in [4.78, 5) is 43.4. The van der Waals surface area contributed by atoms with Gasteiger partial charge in [-0.05, 0) is 42.7 Å². The summed E-state index contributed by atoms with van der Waals surface area (Å²) in [5.74, 6) is -1.46. The summed E-state index contributed by atoms with van der Waals surface area (Å²) >= 11 is 1.17. The Bertz CT molecular complexity index is 2180. The van der Waals surface area contributed by atoms with Gasteiger partial charge in [0.2, 0.25) is 15.2 Å². The number of unbranched alkanes of at least 4 members (excludes halogenated alkanes) is 18. The van der Waals surface area contributed by atoms with Gasteiger partial charge in [-0.3, -0.25) is 19.2 Å². The summed E-state index contributed by atoms with van der Waals surface area (Å²) in [5, 5.41) is 16.4. The van der Waals surface area contributed by atoms with Crippen molar-refractivity contribution in [2.24, 2.45) is 5.73 Å². The Morgan fingerprint density at radius 1 is 0.797 bits per heavy atom. The number of rotatable bonds is 32. The van der Waals surface area contributed by atoms with Crippen molar-refractivity contribution in [2.45, 2.75) is 154 Å². The number of benzene rings is 3. The van der Waals surface area contributed by atoms with Crippen LogP contribution in [0, 0.1) is 0 Å². The van der Waals surface area contributed by atoms with Gasteiger partial charge in [-0.25, -0.2) is 22.9 Å². The molecule has 0 unspecified atom stereocenters. The van der Waals surface area contributed by atoms with Crippen LogP contribution in [0.25, 0.3) is 10.8 Å². The average Bonchev–Trinajstić information content (AvgIpc) is 3.72. The Balaban J connectivity index is 1.38. The quantitative estimate of drug-likeness (QED) is 0.0239. The van der Waals surface area contributed by atoms with Crippen LogP contribution < -0.4 is 20.1 Å². The highest BCUT2D eigenvalue weighted by molar-refractivity contribution is 7.99. The highest BCUT2D eigenvalue weighted by atomic mass is 32.2. The Kier molecular flexibility index (Phi) is 22.8. The molecule has 0 aliphatic carbocycles. The molecule has 0 spiro atoms. The van der Waals surface area contributed by atoms with Crippen LogP contribution in [0.5, 0.6) is 11.5 Å². The van der Waals surface area contributed by atoms with Crippen LogP contribution in [0.1, 0.15) is 158 Å². The van der Waals surface area contributed by atoms with Crippen LogP contribution in [0.4, 0.5) is 16.2 Å². The molecule has 4 N–H and O–H groups in total. The third-order valence-corrected chi connectivity index (χ3v) is 13.3. The van der Waals surface area contributed by atoms with Crippen LogP contribution in [-0.2, 0) is 26.1 Å². The van der Waals surface area contributed by atoms with E-state index in [-0.39, 0.29) is 46.8 Å². The summed E-state index contributed by atoms with van der Waals surface area (Å²) < 4.78 is 42.5. The third kappa shape index (κ3) is 18.0. The van der Waals surface area contributed by atoms with Gasteiger partial charge in [-0.2, -0.15) is 0 Å². The molecule has 0 bridgehead atoms. The number of nitrogens with two attached hydrogens (primary N) is 1. The summed E-state index contributed by atoms with van der Waals surface area (Å²) in [6, 6.07) is 12.7. The average molecular weight is 923 g/mol. The molecule has 352 valence electrons. The monoisotopic (exact) mass is 922 g/mol. The molecule has 3 aromatic carbocycles. The number of nitrogens with one attached hydrogen (secondary N) is 1. The number of primary amides is 1. The predicted octanol–water partition coefficient (Wildman–Crippen LogP) is 11.1. The first-order valence-corrected chi connectivity index (χ1v) is 25.9. The van der Waals surface area contributed by atoms with E-state index in [1.807, 2.05) is 0 Å². The van der Waals surface area contributed by atoms with Crippen molar-refractivity contribution in [1.29, 1.82) is 0 Å². The molecular weight excluding hydrogens is 853 g/mol. The van der Waals surface area contributed by atoms with Crippen LogP contribution in [0.15, 0.2) is 60.0 Å². The molecule has 1 aromatic heterocycles. The maximum absolute atomic E-state index is 13.7. The molecule has 2 amide bonds. The third-order valence-electron chi connectivity index (χ3n) is 11.1. The van der Waals surface area contributed by atoms with E-state index < -0.39 is 22.0 Å². The second-order valence-corrected chi connectivity index (χ2v) is 19.3. The first kappa shape index (κ1) is 51.8. The van der Waals surface area contributed by atoms with E-state index in [2.05, 4.69) is 28.7 Å². The number of ether oxygens (including phenoxy) is 2. The van der Waals surface area contributed by atoms with Gasteiger partial charge in [0.1, 0.15) is 12.1 Å². The predicted molar refractivity (Wildman–Crippen MR) is 257 cm³/mol. The Labute approximate surface area is 384 Å². The number of fused-ring (bicyclic) bond motifs is 1. The number of nitrogens with zero attached hydrogens (tertiary/aromatic N) is 4. The van der Waals surface area contributed by atoms with E-state index in [1.165, 1.54) is 119 Å². The lowest BCUT2D eigenvalue weighted by molar-refractivity contribution is -0.140. The zero-order valence-electron chi connectivity index (χ0n) is 38.2. The molecule has 0 fully saturated rings. The summed E-state index contributed by atoms with van der Waals surface area (Å²) in [6.45, 7) is 5.03. The van der Waals surface area contributed by atoms with Crippen molar-refractivity contribution in [3.63, 3.8) is 0 Å². The van der Waals surface area contributed by atoms with E-state index in [4.69, 9.17) is 15.2 Å². The van der Waals surface area contributed by atoms with E-state index in [1.54, 1.807) is 41.1 Å². The fourth-order valence-electron chi connectivity index (χ4n) is 7.47. The molecule has 0 aliphatic rings. The van der Waals surface area contributed by atoms with Crippen molar-refractivity contribution in [1.82, 2.24) is 14.8 Å². The SMILES string of the molecule is CCCCCCCCCCCCCCCCS(=O)(=O)Nc1cc(Cn2cnc(SCC(=O)OCCCCCCCC)n2)ccc1OC(=O)N(C)c1cccc2c(O)c(C(N)=O)ccc12. The molecule has 0 aliphatic heterocycles. The van der Waals surface area contributed by atoms with E-state index in [0.29, 0.717) is 40.2 Å². The van der Waals surface area contributed by atoms with Crippen LogP contribution in [-0.4, -0.2) is 71.4 Å². The second-order valence-electron chi connectivity index (χ2n) is 16.5. The zero-order valence-corrected chi connectivity index (χ0v) is 39.8. The number of esters is 1. The van der Waals surface area contributed by atoms with Crippen LogP contribution in [0.2, 0.25) is 0 Å². The molecule has 0 radical (unpaired) electrons. The fraction of sp³-hybridized carbons (Fsp3) is 0.562. The number of anilines is 2. The topological polar surface area (TPSA) is 196 Å². The fourth-order valence-corrected chi connectivity index (χ4v) is 9.26. The molecule has 0 atom stereocenters. The van der Waals surface area contributed by atoms with Crippen LogP contribution >= 0.6 is 11.8 Å². The number of carbonyl (C=O) groups is 3. The molecule has 1 heterocycles. The highest BCUT2D eigenvalue weighted by Crippen LogP contribution is 2.35. The molecule has 64 heavy (non-hydrogen) atoms. The summed E-state index contributed by atoms with van der Waals surface area (Å²) in [7, 11) is -2.36. The van der Waals surface area contributed by atoms with Crippen molar-refractivity contribution < 1.29 is 37.4 Å². The second kappa shape index (κ2) is 28.2. The molecule has 4 rings (SSSR count). The number of amides is 2. The van der Waals surface area contributed by atoms with E-state index >= 15 is 0 Å². The van der Waals surface area contributed by atoms with Gasteiger partial charge >= 0.3 is 12.1 Å². The van der Waals surface area contributed by atoms with Gasteiger partial charge in [0.25, 0.3) is 5.91 Å². The molecule has 14 nitrogen and oxygen atoms in total. The maximum Gasteiger partial charge on any atom is 0.419 e. The molecular formula is C48H70N6O8S2. The Morgan fingerprint density at radius 3 is 2.03 bits per heavy atom. The largest absolute Gasteiger partial charge is 0.506 e. The summed E-state index contributed by atoms with van der Waals surface area (Å²) in [5.41, 5.74) is 6.47. The molecule has 0 saturated heterocycles. The zero-order chi connectivity index (χ0) is 46.2. The lowest BCUT2D eigenvalue weighted by Crippen LogP contribution is -2.30. The molecule has 0 saturated carbocycles. The van der Waals surface area contributed by atoms with Crippen molar-refractivity contribution in [3.05, 3.63) is 66.0 Å². The van der Waals surface area contributed by atoms with Crippen molar-refractivity contribution in [3.8, 4) is 11.5 Å². The molecule has 16 heteroatoms. The maximum atomic E-state index is 13.7. The van der Waals surface area contributed by atoms with Gasteiger partial charge < -0.3 is 20.3 Å². The van der Waals surface area contributed by atoms with Gasteiger partial charge in [0.05, 0.1) is 41.6 Å². The van der Waals surface area contributed by atoms with Gasteiger partial charge in [0.15, 0.2) is 5.75 Å². The minimum absolute atomic E-state index is 0.0152.